The number of nitriles is 1. The highest BCUT2D eigenvalue weighted by Gasteiger charge is 2.66. The molecular formula is C34H49F3N2O3. The first kappa shape index (κ1) is 32.7. The van der Waals surface area contributed by atoms with Crippen molar-refractivity contribution >= 4 is 17.5 Å². The van der Waals surface area contributed by atoms with Crippen LogP contribution in [0, 0.1) is 61.6 Å². The molecular weight excluding hydrogens is 541 g/mol. The summed E-state index contributed by atoms with van der Waals surface area (Å²) < 4.78 is 39.5. The lowest BCUT2D eigenvalue weighted by atomic mass is 9.37. The molecule has 4 rings (SSSR count). The second-order valence-corrected chi connectivity index (χ2v) is 16.4. The smallest absolute Gasteiger partial charge is 0.346 e. The van der Waals surface area contributed by atoms with Crippen LogP contribution in [0.1, 0.15) is 113 Å². The molecule has 1 unspecified atom stereocenters. The number of nitrogens with one attached hydrogen (secondary N) is 1. The lowest BCUT2D eigenvalue weighted by Crippen LogP contribution is -2.62. The largest absolute Gasteiger partial charge is 0.405 e. The van der Waals surface area contributed by atoms with E-state index in [-0.39, 0.29) is 45.7 Å². The van der Waals surface area contributed by atoms with E-state index in [1.807, 2.05) is 26.8 Å². The van der Waals surface area contributed by atoms with Crippen LogP contribution >= 0.6 is 0 Å². The minimum atomic E-state index is -4.49. The molecule has 42 heavy (non-hydrogen) atoms. The highest BCUT2D eigenvalue weighted by molar-refractivity contribution is 6.04. The van der Waals surface area contributed by atoms with Crippen LogP contribution in [-0.2, 0) is 14.4 Å². The van der Waals surface area contributed by atoms with Crippen molar-refractivity contribution in [2.75, 3.05) is 6.54 Å². The summed E-state index contributed by atoms with van der Waals surface area (Å²) in [6.07, 6.45) is 2.66. The molecule has 5 nitrogen and oxygen atoms in total. The van der Waals surface area contributed by atoms with Crippen molar-refractivity contribution in [2.24, 2.45) is 50.2 Å². The number of carbonyl (C=O) groups excluding carboxylic acids is 3. The van der Waals surface area contributed by atoms with Gasteiger partial charge in [0, 0.05) is 18.3 Å². The van der Waals surface area contributed by atoms with E-state index in [1.165, 1.54) is 0 Å². The van der Waals surface area contributed by atoms with Crippen LogP contribution in [0.2, 0.25) is 0 Å². The summed E-state index contributed by atoms with van der Waals surface area (Å²) in [7, 11) is 0. The average molecular weight is 591 g/mol. The Hall–Kier alpha value is -2.17. The molecule has 1 N–H and O–H groups in total. The normalized spacial score (nSPS) is 41.2. The molecule has 0 aromatic carbocycles. The number of fused-ring (bicyclic) bond motifs is 3. The molecule has 234 valence electrons. The van der Waals surface area contributed by atoms with Crippen LogP contribution in [0.5, 0.6) is 0 Å². The van der Waals surface area contributed by atoms with E-state index in [9.17, 15) is 32.8 Å². The molecule has 0 aromatic rings. The van der Waals surface area contributed by atoms with Gasteiger partial charge >= 0.3 is 6.18 Å². The summed E-state index contributed by atoms with van der Waals surface area (Å²) in [5.41, 5.74) is -2.84. The number of halogens is 3. The predicted octanol–water partition coefficient (Wildman–Crippen LogP) is 7.74. The van der Waals surface area contributed by atoms with Gasteiger partial charge in [-0.1, -0.05) is 61.5 Å². The van der Waals surface area contributed by atoms with Gasteiger partial charge in [0.2, 0.25) is 5.91 Å². The summed E-state index contributed by atoms with van der Waals surface area (Å²) in [6.45, 7) is 15.3. The van der Waals surface area contributed by atoms with E-state index < -0.39 is 40.3 Å². The summed E-state index contributed by atoms with van der Waals surface area (Å²) in [5.74, 6) is -0.745. The van der Waals surface area contributed by atoms with Crippen LogP contribution in [0.3, 0.4) is 0 Å². The van der Waals surface area contributed by atoms with E-state index in [2.05, 4.69) is 46.0 Å². The maximum Gasteiger partial charge on any atom is 0.405 e. The molecule has 0 radical (unpaired) electrons. The number of nitrogens with zero attached hydrogens (tertiary/aromatic N) is 1. The molecule has 8 heteroatoms. The molecule has 0 aromatic heterocycles. The zero-order valence-electron chi connectivity index (χ0n) is 26.7. The summed E-state index contributed by atoms with van der Waals surface area (Å²) >= 11 is 0. The van der Waals surface area contributed by atoms with Gasteiger partial charge in [-0.15, -0.1) is 0 Å². The highest BCUT2D eigenvalue weighted by Crippen LogP contribution is 2.70. The molecule has 0 aliphatic heterocycles. The molecule has 0 heterocycles. The third kappa shape index (κ3) is 5.15. The van der Waals surface area contributed by atoms with Crippen molar-refractivity contribution in [3.05, 3.63) is 11.6 Å². The van der Waals surface area contributed by atoms with E-state index in [4.69, 9.17) is 0 Å². The zero-order chi connectivity index (χ0) is 31.7. The Bertz CT molecular complexity index is 1230. The Morgan fingerprint density at radius 1 is 1.02 bits per heavy atom. The van der Waals surface area contributed by atoms with Crippen molar-refractivity contribution in [1.82, 2.24) is 5.32 Å². The number of hydrogen-bond donors (Lipinski definition) is 1. The van der Waals surface area contributed by atoms with Gasteiger partial charge in [-0.3, -0.25) is 14.4 Å². The summed E-state index contributed by atoms with van der Waals surface area (Å²) in [4.78, 5) is 40.4. The van der Waals surface area contributed by atoms with E-state index in [0.717, 1.165) is 25.7 Å². The minimum absolute atomic E-state index is 0.00200. The zero-order valence-corrected chi connectivity index (χ0v) is 26.7. The Kier molecular flexibility index (Phi) is 7.95. The molecule has 4 aliphatic rings. The molecule has 0 saturated heterocycles. The number of carbonyl (C=O) groups is 3. The van der Waals surface area contributed by atoms with Crippen molar-refractivity contribution < 1.29 is 27.6 Å². The van der Waals surface area contributed by atoms with Crippen molar-refractivity contribution in [3.63, 3.8) is 0 Å². The monoisotopic (exact) mass is 590 g/mol. The quantitative estimate of drug-likeness (QED) is 0.355. The number of hydrogen-bond acceptors (Lipinski definition) is 4. The molecule has 0 spiro atoms. The number of Topliss-reactive ketones (excluding diaryl/α,β-unsaturated/α-hetero) is 2. The Morgan fingerprint density at radius 3 is 2.24 bits per heavy atom. The fraction of sp³-hybridized carbons (Fsp3) is 0.824. The fourth-order valence-corrected chi connectivity index (χ4v) is 10.3. The third-order valence-corrected chi connectivity index (χ3v) is 13.0. The van der Waals surface area contributed by atoms with Gasteiger partial charge in [-0.05, 0) is 84.4 Å². The Morgan fingerprint density at radius 2 is 1.67 bits per heavy atom. The van der Waals surface area contributed by atoms with Crippen LogP contribution in [0.25, 0.3) is 0 Å². The van der Waals surface area contributed by atoms with E-state index in [0.29, 0.717) is 32.1 Å². The van der Waals surface area contributed by atoms with Gasteiger partial charge in [0.1, 0.15) is 18.4 Å². The van der Waals surface area contributed by atoms with Gasteiger partial charge in [0.05, 0.1) is 11.0 Å². The third-order valence-electron chi connectivity index (χ3n) is 13.0. The Balaban J connectivity index is 1.71. The van der Waals surface area contributed by atoms with Crippen LogP contribution < -0.4 is 5.32 Å². The molecule has 7 atom stereocenters. The fourth-order valence-electron chi connectivity index (χ4n) is 10.3. The number of alkyl halides is 3. The molecule has 4 aliphatic carbocycles. The second-order valence-electron chi connectivity index (χ2n) is 16.4. The van der Waals surface area contributed by atoms with Crippen molar-refractivity contribution in [1.29, 1.82) is 5.26 Å². The van der Waals surface area contributed by atoms with E-state index >= 15 is 0 Å². The van der Waals surface area contributed by atoms with Crippen LogP contribution in [0.15, 0.2) is 11.6 Å². The highest BCUT2D eigenvalue weighted by atomic mass is 19.4. The second kappa shape index (κ2) is 10.2. The lowest BCUT2D eigenvalue weighted by Gasteiger charge is -2.66. The van der Waals surface area contributed by atoms with Crippen LogP contribution in [-0.4, -0.2) is 30.2 Å². The molecule has 3 saturated carbocycles. The first-order chi connectivity index (χ1) is 19.1. The molecule has 0 bridgehead atoms. The minimum Gasteiger partial charge on any atom is -0.346 e. The average Bonchev–Trinajstić information content (AvgIpc) is 2.85. The number of rotatable bonds is 5. The van der Waals surface area contributed by atoms with Gasteiger partial charge in [0.25, 0.3) is 0 Å². The molecule has 3 fully saturated rings. The summed E-state index contributed by atoms with van der Waals surface area (Å²) in [5, 5.41) is 12.1. The first-order valence-electron chi connectivity index (χ1n) is 15.6. The first-order valence-corrected chi connectivity index (χ1v) is 15.6. The lowest BCUT2D eigenvalue weighted by molar-refractivity contribution is -0.176. The van der Waals surface area contributed by atoms with Gasteiger partial charge in [-0.25, -0.2) is 0 Å². The molecule has 1 amide bonds. The van der Waals surface area contributed by atoms with E-state index in [1.54, 1.807) is 0 Å². The maximum atomic E-state index is 13.7. The SMILES string of the molecule is CC1CC(C)(C)CC[C@@]1(CC[C@]1(C)CC(=O)C[C@@H]2[C@@]3(C)C=C(C#N)C(=O)C(C)(C)[C@@H]3CC[C@]21C)C(=O)NCC(F)(F)F. The standard InChI is InChI=1S/C34H49F3N2O3/c1-21-16-28(2,3)11-13-33(21,27(42)39-20-34(35,36)37)14-12-30(6)18-23(40)15-25-31(7)17-22(19-38)26(41)29(4,5)24(31)9-10-32(25,30)8/h17,21,24-25H,9-16,18,20H2,1-8H3,(H,39,42)/t21?,24-,25+,30+,31-,32+,33-/m0/s1. The van der Waals surface area contributed by atoms with Gasteiger partial charge < -0.3 is 5.32 Å². The summed E-state index contributed by atoms with van der Waals surface area (Å²) in [6, 6.07) is 2.13. The van der Waals surface area contributed by atoms with Gasteiger partial charge in [-0.2, -0.15) is 18.4 Å². The number of amides is 1. The number of ketones is 2. The van der Waals surface area contributed by atoms with Crippen molar-refractivity contribution in [3.8, 4) is 6.07 Å². The maximum absolute atomic E-state index is 13.7. The topological polar surface area (TPSA) is 87.0 Å². The predicted molar refractivity (Wildman–Crippen MR) is 155 cm³/mol. The van der Waals surface area contributed by atoms with Crippen molar-refractivity contribution in [2.45, 2.75) is 119 Å². The van der Waals surface area contributed by atoms with Crippen LogP contribution in [0.4, 0.5) is 13.2 Å². The Labute approximate surface area is 249 Å². The number of allylic oxidation sites excluding steroid dienone is 2. The van der Waals surface area contributed by atoms with Gasteiger partial charge in [0.15, 0.2) is 5.78 Å².